The number of amides is 2. The van der Waals surface area contributed by atoms with E-state index in [4.69, 9.17) is 9.63 Å². The standard InChI is InChI=1S/C13H12BrN3O4/c1-7-5-8(17-21-7)6-15-13(20)16-11-9(12(18)19)3-2-4-10(11)14/h2-5H,6H2,1H3,(H,18,19)(H2,15,16,20). The van der Waals surface area contributed by atoms with Crippen LogP contribution in [0.5, 0.6) is 0 Å². The SMILES string of the molecule is Cc1cc(CNC(=O)Nc2c(Br)cccc2C(=O)O)no1. The Bertz CT molecular complexity index is 684. The molecule has 3 N–H and O–H groups in total. The van der Waals surface area contributed by atoms with Crippen LogP contribution in [0.3, 0.4) is 0 Å². The highest BCUT2D eigenvalue weighted by Gasteiger charge is 2.15. The van der Waals surface area contributed by atoms with E-state index >= 15 is 0 Å². The molecule has 0 fully saturated rings. The van der Waals surface area contributed by atoms with Gasteiger partial charge in [-0.2, -0.15) is 0 Å². The molecule has 21 heavy (non-hydrogen) atoms. The van der Waals surface area contributed by atoms with Crippen molar-refractivity contribution in [2.45, 2.75) is 13.5 Å². The first-order valence-corrected chi connectivity index (χ1v) is 6.75. The van der Waals surface area contributed by atoms with Gasteiger partial charge in [-0.15, -0.1) is 0 Å². The summed E-state index contributed by atoms with van der Waals surface area (Å²) in [5.74, 6) is -0.482. The van der Waals surface area contributed by atoms with Gasteiger partial charge in [-0.1, -0.05) is 11.2 Å². The molecule has 1 aromatic carbocycles. The number of aromatic carboxylic acids is 1. The molecule has 0 spiro atoms. The van der Waals surface area contributed by atoms with Crippen LogP contribution in [0.2, 0.25) is 0 Å². The molecule has 7 nitrogen and oxygen atoms in total. The van der Waals surface area contributed by atoms with Crippen molar-refractivity contribution < 1.29 is 19.2 Å². The number of halogens is 1. The number of benzene rings is 1. The molecule has 2 rings (SSSR count). The number of anilines is 1. The Balaban J connectivity index is 2.04. The van der Waals surface area contributed by atoms with Gasteiger partial charge in [-0.05, 0) is 35.0 Å². The third-order valence-electron chi connectivity index (χ3n) is 2.59. The zero-order valence-corrected chi connectivity index (χ0v) is 12.6. The van der Waals surface area contributed by atoms with Gasteiger partial charge in [0.05, 0.1) is 17.8 Å². The maximum absolute atomic E-state index is 11.8. The zero-order valence-electron chi connectivity index (χ0n) is 11.0. The van der Waals surface area contributed by atoms with Gasteiger partial charge < -0.3 is 20.3 Å². The van der Waals surface area contributed by atoms with Gasteiger partial charge in [0, 0.05) is 10.5 Å². The number of carboxylic acid groups (broad SMARTS) is 1. The molecule has 8 heteroatoms. The summed E-state index contributed by atoms with van der Waals surface area (Å²) in [5, 5.41) is 17.9. The van der Waals surface area contributed by atoms with Gasteiger partial charge >= 0.3 is 12.0 Å². The summed E-state index contributed by atoms with van der Waals surface area (Å²) in [7, 11) is 0. The van der Waals surface area contributed by atoms with Gasteiger partial charge in [0.2, 0.25) is 0 Å². The Morgan fingerprint density at radius 2 is 2.19 bits per heavy atom. The molecule has 0 unspecified atom stereocenters. The van der Waals surface area contributed by atoms with Crippen LogP contribution < -0.4 is 10.6 Å². The highest BCUT2D eigenvalue weighted by Crippen LogP contribution is 2.26. The quantitative estimate of drug-likeness (QED) is 0.783. The Morgan fingerprint density at radius 3 is 2.81 bits per heavy atom. The fourth-order valence-corrected chi connectivity index (χ4v) is 2.12. The zero-order chi connectivity index (χ0) is 15.4. The number of nitrogens with one attached hydrogen (secondary N) is 2. The number of rotatable bonds is 4. The van der Waals surface area contributed by atoms with E-state index in [0.717, 1.165) is 0 Å². The van der Waals surface area contributed by atoms with Crippen LogP contribution in [0, 0.1) is 6.92 Å². The molecule has 0 atom stereocenters. The average Bonchev–Trinajstić information content (AvgIpc) is 2.84. The molecule has 0 saturated carbocycles. The molecule has 0 aliphatic heterocycles. The third-order valence-corrected chi connectivity index (χ3v) is 3.25. The summed E-state index contributed by atoms with van der Waals surface area (Å²) in [5.41, 5.74) is 0.767. The Morgan fingerprint density at radius 1 is 1.43 bits per heavy atom. The lowest BCUT2D eigenvalue weighted by atomic mass is 10.2. The lowest BCUT2D eigenvalue weighted by Gasteiger charge is -2.11. The van der Waals surface area contributed by atoms with Crippen molar-refractivity contribution in [2.24, 2.45) is 0 Å². The fourth-order valence-electron chi connectivity index (χ4n) is 1.66. The van der Waals surface area contributed by atoms with Gasteiger partial charge in [-0.25, -0.2) is 9.59 Å². The number of carbonyl (C=O) groups excluding carboxylic acids is 1. The van der Waals surface area contributed by atoms with Gasteiger partial charge in [0.25, 0.3) is 0 Å². The van der Waals surface area contributed by atoms with Crippen LogP contribution in [0.1, 0.15) is 21.8 Å². The van der Waals surface area contributed by atoms with Gasteiger partial charge in [0.1, 0.15) is 11.5 Å². The smallest absolute Gasteiger partial charge is 0.337 e. The summed E-state index contributed by atoms with van der Waals surface area (Å²) in [6.07, 6.45) is 0. The summed E-state index contributed by atoms with van der Waals surface area (Å²) in [4.78, 5) is 22.9. The molecule has 110 valence electrons. The number of urea groups is 1. The summed E-state index contributed by atoms with van der Waals surface area (Å²) < 4.78 is 5.36. The van der Waals surface area contributed by atoms with Crippen LogP contribution in [-0.4, -0.2) is 22.3 Å². The topological polar surface area (TPSA) is 104 Å². The Labute approximate surface area is 128 Å². The Hall–Kier alpha value is -2.35. The van der Waals surface area contributed by atoms with E-state index in [-0.39, 0.29) is 17.8 Å². The van der Waals surface area contributed by atoms with Crippen molar-refractivity contribution in [3.8, 4) is 0 Å². The summed E-state index contributed by atoms with van der Waals surface area (Å²) in [6, 6.07) is 5.79. The number of hydrogen-bond donors (Lipinski definition) is 3. The van der Waals surface area contributed by atoms with Gasteiger partial charge in [0.15, 0.2) is 0 Å². The lowest BCUT2D eigenvalue weighted by molar-refractivity contribution is 0.0698. The van der Waals surface area contributed by atoms with E-state index in [1.165, 1.54) is 6.07 Å². The minimum atomic E-state index is -1.13. The van der Waals surface area contributed by atoms with Crippen LogP contribution >= 0.6 is 15.9 Å². The van der Waals surface area contributed by atoms with Crippen molar-refractivity contribution in [3.05, 3.63) is 45.8 Å². The summed E-state index contributed by atoms with van der Waals surface area (Å²) >= 11 is 3.21. The number of hydrogen-bond acceptors (Lipinski definition) is 4. The normalized spacial score (nSPS) is 10.2. The highest BCUT2D eigenvalue weighted by molar-refractivity contribution is 9.10. The van der Waals surface area contributed by atoms with E-state index < -0.39 is 12.0 Å². The second-order valence-electron chi connectivity index (χ2n) is 4.20. The van der Waals surface area contributed by atoms with Crippen molar-refractivity contribution >= 4 is 33.6 Å². The van der Waals surface area contributed by atoms with Crippen molar-refractivity contribution in [3.63, 3.8) is 0 Å². The molecule has 2 amide bonds. The lowest BCUT2D eigenvalue weighted by Crippen LogP contribution is -2.29. The average molecular weight is 354 g/mol. The van der Waals surface area contributed by atoms with Gasteiger partial charge in [-0.3, -0.25) is 0 Å². The predicted octanol–water partition coefficient (Wildman–Crippen LogP) is 2.77. The number of nitrogens with zero attached hydrogens (tertiary/aromatic N) is 1. The largest absolute Gasteiger partial charge is 0.478 e. The molecule has 0 aliphatic rings. The van der Waals surface area contributed by atoms with Crippen molar-refractivity contribution in [1.82, 2.24) is 10.5 Å². The van der Waals surface area contributed by atoms with Crippen LogP contribution in [0.15, 0.2) is 33.3 Å². The second-order valence-corrected chi connectivity index (χ2v) is 5.06. The number of carbonyl (C=O) groups is 2. The van der Waals surface area contributed by atoms with Crippen molar-refractivity contribution in [1.29, 1.82) is 0 Å². The maximum atomic E-state index is 11.8. The molecule has 0 saturated heterocycles. The van der Waals surface area contributed by atoms with E-state index in [9.17, 15) is 9.59 Å². The third kappa shape index (κ3) is 3.82. The van der Waals surface area contributed by atoms with Crippen LogP contribution in [0.4, 0.5) is 10.5 Å². The monoisotopic (exact) mass is 353 g/mol. The molecular formula is C13H12BrN3O4. The summed E-state index contributed by atoms with van der Waals surface area (Å²) in [6.45, 7) is 1.92. The van der Waals surface area contributed by atoms with E-state index in [1.807, 2.05) is 0 Å². The first-order valence-electron chi connectivity index (χ1n) is 5.96. The number of aromatic nitrogens is 1. The minimum Gasteiger partial charge on any atom is -0.478 e. The second kappa shape index (κ2) is 6.40. The molecule has 0 radical (unpaired) electrons. The first kappa shape index (κ1) is 15.0. The Kier molecular flexibility index (Phi) is 4.59. The minimum absolute atomic E-state index is 0.00296. The van der Waals surface area contributed by atoms with E-state index in [0.29, 0.717) is 15.9 Å². The molecule has 0 bridgehead atoms. The van der Waals surface area contributed by atoms with Crippen molar-refractivity contribution in [2.75, 3.05) is 5.32 Å². The molecule has 1 aromatic heterocycles. The first-order chi connectivity index (χ1) is 9.97. The number of aryl methyl sites for hydroxylation is 1. The van der Waals surface area contributed by atoms with Crippen LogP contribution in [-0.2, 0) is 6.54 Å². The van der Waals surface area contributed by atoms with Crippen LogP contribution in [0.25, 0.3) is 0 Å². The fraction of sp³-hybridized carbons (Fsp3) is 0.154. The number of carboxylic acids is 1. The number of para-hydroxylation sites is 1. The van der Waals surface area contributed by atoms with E-state index in [1.54, 1.807) is 25.1 Å². The van der Waals surface area contributed by atoms with E-state index in [2.05, 4.69) is 31.7 Å². The highest BCUT2D eigenvalue weighted by atomic mass is 79.9. The molecular weight excluding hydrogens is 342 g/mol. The molecule has 0 aliphatic carbocycles. The molecule has 1 heterocycles. The molecule has 2 aromatic rings. The maximum Gasteiger partial charge on any atom is 0.337 e. The predicted molar refractivity (Wildman–Crippen MR) is 78.2 cm³/mol.